The van der Waals surface area contributed by atoms with Crippen LogP contribution in [0.5, 0.6) is 0 Å². The highest BCUT2D eigenvalue weighted by molar-refractivity contribution is 5.69. The maximum atomic E-state index is 13.2. The normalized spacial score (nSPS) is 17.0. The van der Waals surface area contributed by atoms with E-state index in [1.54, 1.807) is 12.1 Å². The zero-order chi connectivity index (χ0) is 23.8. The number of halogens is 1. The van der Waals surface area contributed by atoms with Gasteiger partial charge in [-0.2, -0.15) is 5.10 Å². The molecular weight excluding hydrogens is 423 g/mol. The lowest BCUT2D eigenvalue weighted by Crippen LogP contribution is -2.36. The third-order valence-electron chi connectivity index (χ3n) is 5.20. The molecule has 2 heterocycles. The summed E-state index contributed by atoms with van der Waals surface area (Å²) in [5, 5.41) is 7.57. The average molecular weight is 459 g/mol. The van der Waals surface area contributed by atoms with Gasteiger partial charge in [0.25, 0.3) is 0 Å². The van der Waals surface area contributed by atoms with Crippen LogP contribution in [0.15, 0.2) is 30.5 Å². The van der Waals surface area contributed by atoms with Gasteiger partial charge in [-0.25, -0.2) is 13.9 Å². The number of benzene rings is 1. The van der Waals surface area contributed by atoms with Crippen molar-refractivity contribution in [3.05, 3.63) is 53.1 Å². The molecule has 0 saturated carbocycles. The molecule has 1 aromatic carbocycles. The molecular formula is C25H35FN4O3. The molecule has 1 atom stereocenters. The maximum Gasteiger partial charge on any atom is 0.407 e. The maximum absolute atomic E-state index is 13.2. The second-order valence-electron chi connectivity index (χ2n) is 9.39. The number of nitrogens with one attached hydrogen (secondary N) is 1. The zero-order valence-corrected chi connectivity index (χ0v) is 20.0. The van der Waals surface area contributed by atoms with Gasteiger partial charge in [-0.1, -0.05) is 18.2 Å². The van der Waals surface area contributed by atoms with Crippen LogP contribution in [0.4, 0.5) is 9.18 Å². The predicted octanol–water partition coefficient (Wildman–Crippen LogP) is 4.85. The molecule has 3 rings (SSSR count). The van der Waals surface area contributed by atoms with Gasteiger partial charge in [0, 0.05) is 38.0 Å². The molecule has 33 heavy (non-hydrogen) atoms. The second kappa shape index (κ2) is 11.4. The van der Waals surface area contributed by atoms with Crippen LogP contribution < -0.4 is 5.32 Å². The third-order valence-corrected chi connectivity index (χ3v) is 5.20. The molecule has 1 saturated heterocycles. The van der Waals surface area contributed by atoms with Gasteiger partial charge < -0.3 is 19.7 Å². The summed E-state index contributed by atoms with van der Waals surface area (Å²) in [4.78, 5) is 14.0. The van der Waals surface area contributed by atoms with E-state index < -0.39 is 11.7 Å². The molecule has 0 spiro atoms. The van der Waals surface area contributed by atoms with E-state index in [-0.39, 0.29) is 12.0 Å². The molecule has 1 aliphatic heterocycles. The first-order chi connectivity index (χ1) is 15.7. The van der Waals surface area contributed by atoms with Crippen LogP contribution in [-0.2, 0) is 16.0 Å². The van der Waals surface area contributed by atoms with Gasteiger partial charge in [0.15, 0.2) is 0 Å². The van der Waals surface area contributed by atoms with Crippen LogP contribution in [0.3, 0.4) is 0 Å². The van der Waals surface area contributed by atoms with Crippen LogP contribution in [0.25, 0.3) is 12.2 Å². The summed E-state index contributed by atoms with van der Waals surface area (Å²) in [7, 11) is 2.00. The summed E-state index contributed by atoms with van der Waals surface area (Å²) in [5.74, 6) is -0.256. The van der Waals surface area contributed by atoms with E-state index >= 15 is 0 Å². The quantitative estimate of drug-likeness (QED) is 0.613. The van der Waals surface area contributed by atoms with Crippen molar-refractivity contribution in [1.29, 1.82) is 0 Å². The molecule has 1 unspecified atom stereocenters. The number of alkyl carbamates (subject to hydrolysis) is 1. The average Bonchev–Trinajstić information content (AvgIpc) is 3.15. The van der Waals surface area contributed by atoms with E-state index in [0.717, 1.165) is 42.7 Å². The molecule has 2 aromatic rings. The number of rotatable bonds is 8. The number of likely N-dealkylation sites (N-methyl/N-ethyl adjacent to an activating group) is 1. The Labute approximate surface area is 195 Å². The Bertz CT molecular complexity index is 928. The third kappa shape index (κ3) is 8.29. The monoisotopic (exact) mass is 458 g/mol. The molecule has 1 fully saturated rings. The summed E-state index contributed by atoms with van der Waals surface area (Å²) in [6.07, 6.45) is 8.60. The lowest BCUT2D eigenvalue weighted by atomic mass is 10.1. The van der Waals surface area contributed by atoms with Crippen LogP contribution in [0.2, 0.25) is 0 Å². The van der Waals surface area contributed by atoms with Gasteiger partial charge in [0.2, 0.25) is 0 Å². The Kier molecular flexibility index (Phi) is 8.63. The van der Waals surface area contributed by atoms with Gasteiger partial charge in [0.05, 0.1) is 5.69 Å². The number of hydrogen-bond acceptors (Lipinski definition) is 5. The lowest BCUT2D eigenvalue weighted by Gasteiger charge is -2.22. The minimum Gasteiger partial charge on any atom is -0.444 e. The van der Waals surface area contributed by atoms with Crippen molar-refractivity contribution < 1.29 is 18.7 Å². The van der Waals surface area contributed by atoms with Crippen molar-refractivity contribution in [3.63, 3.8) is 0 Å². The summed E-state index contributed by atoms with van der Waals surface area (Å²) in [5.41, 5.74) is 2.29. The molecule has 1 amide bonds. The number of carbonyl (C=O) groups excluding carboxylic acids is 1. The molecule has 0 aliphatic carbocycles. The van der Waals surface area contributed by atoms with Crippen molar-refractivity contribution in [2.45, 2.75) is 58.4 Å². The largest absolute Gasteiger partial charge is 0.444 e. The fraction of sp³-hybridized carbons (Fsp3) is 0.520. The zero-order valence-electron chi connectivity index (χ0n) is 20.0. The first-order valence-corrected chi connectivity index (χ1v) is 11.5. The Balaban J connectivity index is 1.66. The minimum atomic E-state index is -0.516. The number of carbonyl (C=O) groups is 1. The molecule has 1 aromatic heterocycles. The number of aromatic nitrogens is 2. The van der Waals surface area contributed by atoms with Crippen LogP contribution in [0.1, 0.15) is 63.1 Å². The first kappa shape index (κ1) is 24.9. The SMILES string of the molecule is CN(CCNC(=O)OC(C)(C)C)Cc1cn(C2CCCCO2)nc1C=Cc1ccc(F)cc1. The molecule has 180 valence electrons. The molecule has 8 heteroatoms. The number of nitrogens with zero attached hydrogens (tertiary/aromatic N) is 3. The smallest absolute Gasteiger partial charge is 0.407 e. The number of ether oxygens (including phenoxy) is 2. The van der Waals surface area contributed by atoms with E-state index in [0.29, 0.717) is 19.6 Å². The van der Waals surface area contributed by atoms with Crippen molar-refractivity contribution >= 4 is 18.2 Å². The van der Waals surface area contributed by atoms with Crippen molar-refractivity contribution in [2.24, 2.45) is 0 Å². The van der Waals surface area contributed by atoms with Crippen molar-refractivity contribution in [2.75, 3.05) is 26.7 Å². The number of amides is 1. The fourth-order valence-electron chi connectivity index (χ4n) is 3.57. The van der Waals surface area contributed by atoms with Crippen molar-refractivity contribution in [1.82, 2.24) is 20.0 Å². The van der Waals surface area contributed by atoms with E-state index in [4.69, 9.17) is 14.6 Å². The minimum absolute atomic E-state index is 0.0513. The highest BCUT2D eigenvalue weighted by atomic mass is 19.1. The highest BCUT2D eigenvalue weighted by Crippen LogP contribution is 2.24. The van der Waals surface area contributed by atoms with Gasteiger partial charge in [-0.15, -0.1) is 0 Å². The van der Waals surface area contributed by atoms with Crippen LogP contribution in [0, 0.1) is 5.82 Å². The van der Waals surface area contributed by atoms with Crippen molar-refractivity contribution in [3.8, 4) is 0 Å². The molecule has 1 N–H and O–H groups in total. The standard InChI is InChI=1S/C25H35FN4O3/c1-25(2,3)33-24(31)27-14-15-29(4)17-20-18-30(23-7-5-6-16-32-23)28-22(20)13-10-19-8-11-21(26)12-9-19/h8-13,18,23H,5-7,14-17H2,1-4H3,(H,27,31). The first-order valence-electron chi connectivity index (χ1n) is 11.5. The van der Waals surface area contributed by atoms with Gasteiger partial charge in [-0.05, 0) is 70.9 Å². The second-order valence-corrected chi connectivity index (χ2v) is 9.39. The van der Waals surface area contributed by atoms with E-state index in [1.807, 2.05) is 50.8 Å². The predicted molar refractivity (Wildman–Crippen MR) is 127 cm³/mol. The Hall–Kier alpha value is -2.71. The van der Waals surface area contributed by atoms with E-state index in [2.05, 4.69) is 10.2 Å². The summed E-state index contributed by atoms with van der Waals surface area (Å²) in [6.45, 7) is 8.06. The Morgan fingerprint density at radius 1 is 1.30 bits per heavy atom. The summed E-state index contributed by atoms with van der Waals surface area (Å²) in [6, 6.07) is 6.36. The highest BCUT2D eigenvalue weighted by Gasteiger charge is 2.19. The van der Waals surface area contributed by atoms with Gasteiger partial charge in [0.1, 0.15) is 17.6 Å². The van der Waals surface area contributed by atoms with E-state index in [1.165, 1.54) is 12.1 Å². The Morgan fingerprint density at radius 2 is 2.06 bits per heavy atom. The summed E-state index contributed by atoms with van der Waals surface area (Å²) >= 11 is 0. The summed E-state index contributed by atoms with van der Waals surface area (Å²) < 4.78 is 26.3. The molecule has 0 bridgehead atoms. The molecule has 7 nitrogen and oxygen atoms in total. The van der Waals surface area contributed by atoms with Gasteiger partial charge in [-0.3, -0.25) is 0 Å². The lowest BCUT2D eigenvalue weighted by molar-refractivity contribution is -0.0395. The fourth-order valence-corrected chi connectivity index (χ4v) is 3.57. The van der Waals surface area contributed by atoms with Gasteiger partial charge >= 0.3 is 6.09 Å². The number of hydrogen-bond donors (Lipinski definition) is 1. The van der Waals surface area contributed by atoms with Crippen LogP contribution in [-0.4, -0.2) is 53.1 Å². The van der Waals surface area contributed by atoms with E-state index in [9.17, 15) is 9.18 Å². The van der Waals surface area contributed by atoms with Crippen LogP contribution >= 0.6 is 0 Å². The topological polar surface area (TPSA) is 68.6 Å². The molecule has 0 radical (unpaired) electrons. The molecule has 1 aliphatic rings. The Morgan fingerprint density at radius 3 is 2.73 bits per heavy atom.